The molecular weight excluding hydrogens is 362 g/mol. The van der Waals surface area contributed by atoms with E-state index in [0.717, 1.165) is 22.5 Å². The van der Waals surface area contributed by atoms with Gasteiger partial charge in [0.15, 0.2) is 0 Å². The van der Waals surface area contributed by atoms with Crippen molar-refractivity contribution in [1.82, 2.24) is 24.2 Å². The van der Waals surface area contributed by atoms with Crippen molar-refractivity contribution in [3.8, 4) is 11.3 Å². The first-order valence-corrected chi connectivity index (χ1v) is 9.63. The van der Waals surface area contributed by atoms with E-state index in [1.807, 2.05) is 41.0 Å². The summed E-state index contributed by atoms with van der Waals surface area (Å²) in [6.45, 7) is 1.78. The monoisotopic (exact) mass is 383 g/mol. The molecule has 6 heteroatoms. The standard InChI is InChI=1S/C23H21N5O/c1-26-12-9-20-21(26)16-27(23(29)18-7-10-24-11-8-18)14-19-15-28(25-22(19)20)13-17-5-3-2-4-6-17/h2-12,15H,13-14,16H2,1H3. The zero-order chi connectivity index (χ0) is 19.8. The van der Waals surface area contributed by atoms with Gasteiger partial charge in [-0.1, -0.05) is 30.3 Å². The average molecular weight is 383 g/mol. The Morgan fingerprint density at radius 1 is 1.03 bits per heavy atom. The van der Waals surface area contributed by atoms with E-state index in [9.17, 15) is 4.79 Å². The van der Waals surface area contributed by atoms with Crippen molar-refractivity contribution in [2.45, 2.75) is 19.6 Å². The fourth-order valence-electron chi connectivity index (χ4n) is 3.89. The minimum absolute atomic E-state index is 0.00297. The second kappa shape index (κ2) is 7.05. The number of hydrogen-bond acceptors (Lipinski definition) is 3. The molecule has 5 rings (SSSR count). The number of amides is 1. The summed E-state index contributed by atoms with van der Waals surface area (Å²) in [5.74, 6) is 0.00297. The van der Waals surface area contributed by atoms with E-state index in [0.29, 0.717) is 25.2 Å². The third kappa shape index (κ3) is 3.23. The number of fused-ring (bicyclic) bond motifs is 3. The lowest BCUT2D eigenvalue weighted by Crippen LogP contribution is -2.30. The summed E-state index contributed by atoms with van der Waals surface area (Å²) in [5, 5.41) is 4.88. The molecule has 1 aliphatic heterocycles. The second-order valence-electron chi connectivity index (χ2n) is 7.37. The van der Waals surface area contributed by atoms with Gasteiger partial charge < -0.3 is 9.47 Å². The Morgan fingerprint density at radius 3 is 2.62 bits per heavy atom. The maximum absolute atomic E-state index is 13.2. The van der Waals surface area contributed by atoms with E-state index in [4.69, 9.17) is 5.10 Å². The maximum Gasteiger partial charge on any atom is 0.254 e. The molecule has 0 atom stereocenters. The normalized spacial score (nSPS) is 12.9. The predicted octanol–water partition coefficient (Wildman–Crippen LogP) is 3.49. The number of aromatic nitrogens is 4. The Bertz CT molecular complexity index is 1160. The molecule has 0 radical (unpaired) electrons. The molecule has 0 saturated heterocycles. The molecule has 1 aromatic carbocycles. The fraction of sp³-hybridized carbons (Fsp3) is 0.174. The minimum Gasteiger partial charge on any atom is -0.352 e. The summed E-state index contributed by atoms with van der Waals surface area (Å²) in [7, 11) is 2.01. The number of aryl methyl sites for hydroxylation is 1. The summed E-state index contributed by atoms with van der Waals surface area (Å²) in [6.07, 6.45) is 7.41. The highest BCUT2D eigenvalue weighted by molar-refractivity contribution is 5.94. The first-order chi connectivity index (χ1) is 14.2. The number of hydrogen-bond donors (Lipinski definition) is 0. The Kier molecular flexibility index (Phi) is 4.24. The van der Waals surface area contributed by atoms with Crippen LogP contribution in [0.2, 0.25) is 0 Å². The number of pyridine rings is 1. The fourth-order valence-corrected chi connectivity index (χ4v) is 3.89. The summed E-state index contributed by atoms with van der Waals surface area (Å²) >= 11 is 0. The van der Waals surface area contributed by atoms with Crippen LogP contribution >= 0.6 is 0 Å². The van der Waals surface area contributed by atoms with Crippen molar-refractivity contribution in [3.63, 3.8) is 0 Å². The van der Waals surface area contributed by atoms with Crippen LogP contribution in [0.3, 0.4) is 0 Å². The summed E-state index contributed by atoms with van der Waals surface area (Å²) in [5.41, 5.74) is 6.06. The van der Waals surface area contributed by atoms with Crippen molar-refractivity contribution < 1.29 is 4.79 Å². The Balaban J connectivity index is 1.54. The molecule has 0 bridgehead atoms. The molecule has 4 heterocycles. The van der Waals surface area contributed by atoms with E-state index in [1.54, 1.807) is 24.5 Å². The highest BCUT2D eigenvalue weighted by atomic mass is 16.2. The third-order valence-electron chi connectivity index (χ3n) is 5.40. The average Bonchev–Trinajstić information content (AvgIpc) is 3.27. The van der Waals surface area contributed by atoms with Gasteiger partial charge in [0.1, 0.15) is 0 Å². The van der Waals surface area contributed by atoms with Gasteiger partial charge in [-0.2, -0.15) is 5.10 Å². The Morgan fingerprint density at radius 2 is 1.83 bits per heavy atom. The molecule has 3 aromatic heterocycles. The predicted molar refractivity (Wildman–Crippen MR) is 110 cm³/mol. The van der Waals surface area contributed by atoms with E-state index in [2.05, 4.69) is 33.9 Å². The molecule has 0 unspecified atom stereocenters. The number of carbonyl (C=O) groups is 1. The van der Waals surface area contributed by atoms with Crippen LogP contribution in [0.4, 0.5) is 0 Å². The smallest absolute Gasteiger partial charge is 0.254 e. The molecule has 0 aliphatic carbocycles. The van der Waals surface area contributed by atoms with Gasteiger partial charge in [-0.3, -0.25) is 14.5 Å². The molecule has 6 nitrogen and oxygen atoms in total. The van der Waals surface area contributed by atoms with Gasteiger partial charge in [0.05, 0.1) is 25.3 Å². The van der Waals surface area contributed by atoms with E-state index in [1.165, 1.54) is 5.56 Å². The highest BCUT2D eigenvalue weighted by Crippen LogP contribution is 2.32. The summed E-state index contributed by atoms with van der Waals surface area (Å²) < 4.78 is 4.05. The first kappa shape index (κ1) is 17.4. The number of carbonyl (C=O) groups excluding carboxylic acids is 1. The van der Waals surface area contributed by atoms with E-state index in [-0.39, 0.29) is 5.91 Å². The summed E-state index contributed by atoms with van der Waals surface area (Å²) in [4.78, 5) is 19.1. The lowest BCUT2D eigenvalue weighted by molar-refractivity contribution is 0.0728. The Labute approximate surface area is 169 Å². The van der Waals surface area contributed by atoms with Crippen LogP contribution in [0.25, 0.3) is 11.3 Å². The quantitative estimate of drug-likeness (QED) is 0.544. The maximum atomic E-state index is 13.2. The number of rotatable bonds is 3. The molecule has 1 amide bonds. The largest absolute Gasteiger partial charge is 0.352 e. The SMILES string of the molecule is Cn1ccc2c1CN(C(=O)c1ccncc1)Cc1cn(Cc3ccccc3)nc1-2. The Hall–Kier alpha value is -3.67. The third-order valence-corrected chi connectivity index (χ3v) is 5.40. The molecule has 29 heavy (non-hydrogen) atoms. The lowest BCUT2D eigenvalue weighted by atomic mass is 10.1. The van der Waals surface area contributed by atoms with Crippen molar-refractivity contribution >= 4 is 5.91 Å². The van der Waals surface area contributed by atoms with Crippen LogP contribution in [0, 0.1) is 0 Å². The van der Waals surface area contributed by atoms with Crippen LogP contribution in [0.15, 0.2) is 73.3 Å². The molecule has 0 spiro atoms. The van der Waals surface area contributed by atoms with Crippen molar-refractivity contribution in [2.24, 2.45) is 7.05 Å². The number of nitrogens with zero attached hydrogens (tertiary/aromatic N) is 5. The molecule has 4 aromatic rings. The van der Waals surface area contributed by atoms with Crippen LogP contribution < -0.4 is 0 Å². The molecule has 0 N–H and O–H groups in total. The molecule has 1 aliphatic rings. The van der Waals surface area contributed by atoms with Crippen LogP contribution in [0.5, 0.6) is 0 Å². The minimum atomic E-state index is 0.00297. The zero-order valence-electron chi connectivity index (χ0n) is 16.2. The van der Waals surface area contributed by atoms with Crippen molar-refractivity contribution in [2.75, 3.05) is 0 Å². The first-order valence-electron chi connectivity index (χ1n) is 9.63. The van der Waals surface area contributed by atoms with E-state index >= 15 is 0 Å². The van der Waals surface area contributed by atoms with Gasteiger partial charge in [0.25, 0.3) is 5.91 Å². The van der Waals surface area contributed by atoms with Gasteiger partial charge in [0.2, 0.25) is 0 Å². The highest BCUT2D eigenvalue weighted by Gasteiger charge is 2.27. The van der Waals surface area contributed by atoms with Crippen LogP contribution in [0.1, 0.15) is 27.2 Å². The van der Waals surface area contributed by atoms with Crippen molar-refractivity contribution in [3.05, 3.63) is 95.7 Å². The molecule has 144 valence electrons. The molecule has 0 fully saturated rings. The lowest BCUT2D eigenvalue weighted by Gasteiger charge is -2.21. The van der Waals surface area contributed by atoms with Gasteiger partial charge in [-0.25, -0.2) is 0 Å². The molecular formula is C23H21N5O. The number of benzene rings is 1. The van der Waals surface area contributed by atoms with Crippen LogP contribution in [-0.4, -0.2) is 30.1 Å². The molecule has 0 saturated carbocycles. The van der Waals surface area contributed by atoms with Gasteiger partial charge in [0, 0.05) is 54.2 Å². The van der Waals surface area contributed by atoms with Gasteiger partial charge in [-0.05, 0) is 23.8 Å². The van der Waals surface area contributed by atoms with E-state index < -0.39 is 0 Å². The second-order valence-corrected chi connectivity index (χ2v) is 7.37. The topological polar surface area (TPSA) is 56.0 Å². The van der Waals surface area contributed by atoms with Gasteiger partial charge >= 0.3 is 0 Å². The zero-order valence-corrected chi connectivity index (χ0v) is 16.2. The van der Waals surface area contributed by atoms with Gasteiger partial charge in [-0.15, -0.1) is 0 Å². The summed E-state index contributed by atoms with van der Waals surface area (Å²) in [6, 6.07) is 15.9. The van der Waals surface area contributed by atoms with Crippen molar-refractivity contribution in [1.29, 1.82) is 0 Å². The van der Waals surface area contributed by atoms with Crippen LogP contribution in [-0.2, 0) is 26.7 Å².